The van der Waals surface area contributed by atoms with Crippen molar-refractivity contribution in [3.05, 3.63) is 94.2 Å². The first kappa shape index (κ1) is 29.6. The Morgan fingerprint density at radius 1 is 0.978 bits per heavy atom. The summed E-state index contributed by atoms with van der Waals surface area (Å²) in [6.07, 6.45) is 3.38. The van der Waals surface area contributed by atoms with Crippen molar-refractivity contribution in [3.8, 4) is 11.5 Å². The number of anilines is 1. The fourth-order valence-corrected chi connectivity index (χ4v) is 7.42. The number of aromatic hydroxyl groups is 1. The quantitative estimate of drug-likeness (QED) is 0.270. The number of phenolic OH excluding ortho intramolecular Hbond substituents is 1. The van der Waals surface area contributed by atoms with Gasteiger partial charge in [-0.15, -0.1) is 0 Å². The van der Waals surface area contributed by atoms with E-state index in [1.165, 1.54) is 66.6 Å². The summed E-state index contributed by atoms with van der Waals surface area (Å²) in [5.74, 6) is -5.52. The number of amides is 3. The van der Waals surface area contributed by atoms with Crippen molar-refractivity contribution in [2.24, 2.45) is 11.1 Å². The maximum Gasteiger partial charge on any atom is 0.300 e. The number of methoxy groups -OCH3 is 1. The minimum absolute atomic E-state index is 0.0585. The number of ether oxygens (including phenoxy) is 1. The highest BCUT2D eigenvalue weighted by Crippen LogP contribution is 2.64. The number of phenols is 1. The molecule has 11 nitrogen and oxygen atoms in total. The highest BCUT2D eigenvalue weighted by Gasteiger charge is 2.75. The van der Waals surface area contributed by atoms with Crippen LogP contribution in [0, 0.1) is 5.41 Å². The topological polar surface area (TPSA) is 168 Å². The lowest BCUT2D eigenvalue weighted by atomic mass is 9.67. The molecule has 230 valence electrons. The number of benzene rings is 2. The molecule has 2 atom stereocenters. The van der Waals surface area contributed by atoms with Crippen LogP contribution in [-0.4, -0.2) is 62.6 Å². The predicted molar refractivity (Wildman–Crippen MR) is 163 cm³/mol. The predicted octanol–water partition coefficient (Wildman–Crippen LogP) is 3.25. The molecule has 2 spiro atoms. The lowest BCUT2D eigenvalue weighted by molar-refractivity contribution is -0.135. The molecule has 2 fully saturated rings. The Labute approximate surface area is 258 Å². The van der Waals surface area contributed by atoms with Crippen molar-refractivity contribution in [2.45, 2.75) is 45.2 Å². The highest BCUT2D eigenvalue weighted by atomic mass is 16.5. The fraction of sp³-hybridized carbons (Fsp3) is 0.265. The summed E-state index contributed by atoms with van der Waals surface area (Å²) in [6.45, 7) is 6.86. The lowest BCUT2D eigenvalue weighted by Crippen LogP contribution is -2.59. The molecular weight excluding hydrogens is 578 g/mol. The van der Waals surface area contributed by atoms with Gasteiger partial charge in [0.1, 0.15) is 17.3 Å². The third-order valence-electron chi connectivity index (χ3n) is 9.27. The van der Waals surface area contributed by atoms with Crippen LogP contribution in [0.2, 0.25) is 0 Å². The number of hydrogen-bond acceptors (Lipinski definition) is 8. The number of primary amides is 1. The molecule has 4 aliphatic rings. The number of Topliss-reactive ketones (excluding diaryl/α,β-unsaturated/α-hetero) is 1. The normalized spacial score (nSPS) is 26.6. The van der Waals surface area contributed by atoms with Crippen molar-refractivity contribution in [3.63, 3.8) is 0 Å². The van der Waals surface area contributed by atoms with E-state index in [0.29, 0.717) is 16.9 Å². The van der Waals surface area contributed by atoms with E-state index >= 15 is 4.79 Å². The number of allylic oxidation sites excluding steroid dienone is 3. The van der Waals surface area contributed by atoms with Gasteiger partial charge in [-0.05, 0) is 82.2 Å². The maximum absolute atomic E-state index is 15.2. The summed E-state index contributed by atoms with van der Waals surface area (Å²) in [4.78, 5) is 72.1. The molecule has 0 bridgehead atoms. The SMILES string of the molecule is COc1ccc(C(O)=C2C(=O)C(=O)N(c3ccccc3O)[C@@]23C(=O)N2C(=C3C(N)=O)[C@]3(C=C(C)C(=O)C=C3C)CC2(C)C)cc1. The van der Waals surface area contributed by atoms with Gasteiger partial charge in [0.15, 0.2) is 11.3 Å². The summed E-state index contributed by atoms with van der Waals surface area (Å²) >= 11 is 0. The zero-order chi connectivity index (χ0) is 32.8. The Morgan fingerprint density at radius 2 is 1.62 bits per heavy atom. The average Bonchev–Trinajstić information content (AvgIpc) is 3.49. The van der Waals surface area contributed by atoms with Gasteiger partial charge < -0.3 is 25.6 Å². The zero-order valence-corrected chi connectivity index (χ0v) is 25.3. The number of carbonyl (C=O) groups excluding carboxylic acids is 5. The number of nitrogens with zero attached hydrogens (tertiary/aromatic N) is 2. The van der Waals surface area contributed by atoms with Crippen LogP contribution in [0.3, 0.4) is 0 Å². The molecule has 0 aromatic heterocycles. The number of nitrogens with two attached hydrogens (primary N) is 1. The zero-order valence-electron chi connectivity index (χ0n) is 25.3. The van der Waals surface area contributed by atoms with Crippen LogP contribution in [-0.2, 0) is 24.0 Å². The molecule has 0 radical (unpaired) electrons. The van der Waals surface area contributed by atoms with E-state index in [4.69, 9.17) is 10.5 Å². The molecule has 11 heteroatoms. The third kappa shape index (κ3) is 3.66. The van der Waals surface area contributed by atoms with E-state index in [1.807, 2.05) is 0 Å². The Bertz CT molecular complexity index is 1900. The van der Waals surface area contributed by atoms with E-state index < -0.39 is 62.7 Å². The van der Waals surface area contributed by atoms with Gasteiger partial charge in [0, 0.05) is 16.8 Å². The number of aliphatic hydroxyl groups excluding tert-OH is 1. The first-order chi connectivity index (χ1) is 21.1. The summed E-state index contributed by atoms with van der Waals surface area (Å²) in [5.41, 5.74) is 1.03. The fourth-order valence-electron chi connectivity index (χ4n) is 7.42. The number of aliphatic hydroxyl groups is 1. The lowest BCUT2D eigenvalue weighted by Gasteiger charge is -2.39. The number of rotatable bonds is 4. The van der Waals surface area contributed by atoms with E-state index in [0.717, 1.165) is 4.90 Å². The van der Waals surface area contributed by atoms with Crippen LogP contribution in [0.5, 0.6) is 11.5 Å². The largest absolute Gasteiger partial charge is 0.507 e. The van der Waals surface area contributed by atoms with Gasteiger partial charge >= 0.3 is 5.91 Å². The van der Waals surface area contributed by atoms with Crippen LogP contribution in [0.15, 0.2) is 88.7 Å². The van der Waals surface area contributed by atoms with Gasteiger partial charge in [-0.1, -0.05) is 23.8 Å². The molecular formula is C34H31N3O8. The Hall–Kier alpha value is -5.45. The molecule has 0 unspecified atom stereocenters. The number of hydrogen-bond donors (Lipinski definition) is 3. The second-order valence-corrected chi connectivity index (χ2v) is 12.3. The monoisotopic (exact) mass is 609 g/mol. The van der Waals surface area contributed by atoms with Crippen molar-refractivity contribution in [1.29, 1.82) is 0 Å². The molecule has 3 amide bonds. The van der Waals surface area contributed by atoms with Gasteiger partial charge in [-0.2, -0.15) is 0 Å². The minimum Gasteiger partial charge on any atom is -0.507 e. The van der Waals surface area contributed by atoms with Crippen molar-refractivity contribution in [1.82, 2.24) is 4.90 Å². The van der Waals surface area contributed by atoms with Crippen molar-refractivity contribution in [2.75, 3.05) is 12.0 Å². The molecule has 0 saturated carbocycles. The van der Waals surface area contributed by atoms with Crippen LogP contribution >= 0.6 is 0 Å². The van der Waals surface area contributed by atoms with E-state index in [9.17, 15) is 29.4 Å². The molecule has 2 aromatic carbocycles. The standard InChI is InChI=1S/C34H31N3O8/c1-17-15-33(18(2)14-23(17)39)16-32(3,4)37-28(33)25(29(35)42)34(31(37)44)24(26(40)19-10-12-20(45-5)13-11-19)27(41)30(43)36(34)21-8-6-7-9-22(21)38/h6-15,38,40H,16H2,1-5H3,(H2,35,42)/t33-,34+/m1/s1. The third-order valence-corrected chi connectivity index (χ3v) is 9.27. The molecule has 4 N–H and O–H groups in total. The molecule has 2 saturated heterocycles. The van der Waals surface area contributed by atoms with E-state index in [1.54, 1.807) is 33.8 Å². The smallest absolute Gasteiger partial charge is 0.300 e. The van der Waals surface area contributed by atoms with Gasteiger partial charge in [-0.3, -0.25) is 28.9 Å². The Morgan fingerprint density at radius 3 is 2.22 bits per heavy atom. The first-order valence-electron chi connectivity index (χ1n) is 14.2. The van der Waals surface area contributed by atoms with Gasteiger partial charge in [0.2, 0.25) is 5.91 Å². The van der Waals surface area contributed by atoms with Crippen LogP contribution in [0.25, 0.3) is 5.76 Å². The second kappa shape index (κ2) is 9.52. The molecule has 3 heterocycles. The van der Waals surface area contributed by atoms with Gasteiger partial charge in [0.25, 0.3) is 11.7 Å². The number of carbonyl (C=O) groups is 5. The molecule has 45 heavy (non-hydrogen) atoms. The summed E-state index contributed by atoms with van der Waals surface area (Å²) < 4.78 is 5.20. The average molecular weight is 610 g/mol. The van der Waals surface area contributed by atoms with E-state index in [-0.39, 0.29) is 29.2 Å². The maximum atomic E-state index is 15.2. The van der Waals surface area contributed by atoms with Crippen LogP contribution in [0.1, 0.15) is 39.7 Å². The van der Waals surface area contributed by atoms with E-state index in [2.05, 4.69) is 0 Å². The van der Waals surface area contributed by atoms with Crippen molar-refractivity contribution < 1.29 is 38.9 Å². The number of para-hydroxylation sites is 2. The van der Waals surface area contributed by atoms with Crippen molar-refractivity contribution >= 4 is 40.7 Å². The Kier molecular flexibility index (Phi) is 6.27. The molecule has 3 aliphatic heterocycles. The molecule has 6 rings (SSSR count). The highest BCUT2D eigenvalue weighted by molar-refractivity contribution is 6.56. The summed E-state index contributed by atoms with van der Waals surface area (Å²) in [6, 6.07) is 11.5. The number of ketones is 2. The first-order valence-corrected chi connectivity index (χ1v) is 14.2. The molecule has 1 aliphatic carbocycles. The number of fused-ring (bicyclic) bond motifs is 2. The summed E-state index contributed by atoms with van der Waals surface area (Å²) in [5, 5.41) is 22.8. The summed E-state index contributed by atoms with van der Waals surface area (Å²) in [7, 11) is 1.45. The van der Waals surface area contributed by atoms with Crippen LogP contribution in [0.4, 0.5) is 5.69 Å². The van der Waals surface area contributed by atoms with Gasteiger partial charge in [0.05, 0.1) is 29.4 Å². The van der Waals surface area contributed by atoms with Gasteiger partial charge in [-0.25, -0.2) is 0 Å². The van der Waals surface area contributed by atoms with Crippen LogP contribution < -0.4 is 15.4 Å². The molecule has 2 aromatic rings. The minimum atomic E-state index is -2.60. The Balaban J connectivity index is 1.81. The second-order valence-electron chi connectivity index (χ2n) is 12.3.